The number of piperazine rings is 1. The van der Waals surface area contributed by atoms with Crippen LogP contribution in [-0.2, 0) is 15.6 Å². The highest BCUT2D eigenvalue weighted by Crippen LogP contribution is 2.16. The smallest absolute Gasteiger partial charge is 0.333 e. The van der Waals surface area contributed by atoms with Gasteiger partial charge in [0.2, 0.25) is 9.84 Å². The lowest BCUT2D eigenvalue weighted by atomic mass is 10.1. The summed E-state index contributed by atoms with van der Waals surface area (Å²) in [6.07, 6.45) is 0. The Morgan fingerprint density at radius 2 is 1.96 bits per heavy atom. The number of nitrogens with one attached hydrogen (secondary N) is 1. The SMILES string of the molecule is C[C@@H]1CNCCN1C(=O)c1ccc(CS(=O)(=O)C(F)F)cc1.Cl. The van der Waals surface area contributed by atoms with Gasteiger partial charge < -0.3 is 10.2 Å². The molecule has 1 heterocycles. The van der Waals surface area contributed by atoms with Gasteiger partial charge in [0.05, 0.1) is 5.75 Å². The van der Waals surface area contributed by atoms with Crippen LogP contribution < -0.4 is 5.32 Å². The van der Waals surface area contributed by atoms with Crippen LogP contribution in [0, 0.1) is 0 Å². The van der Waals surface area contributed by atoms with E-state index in [1.165, 1.54) is 24.3 Å². The Morgan fingerprint density at radius 1 is 1.35 bits per heavy atom. The molecule has 1 amide bonds. The van der Waals surface area contributed by atoms with Gasteiger partial charge in [-0.15, -0.1) is 12.4 Å². The van der Waals surface area contributed by atoms with Crippen LogP contribution in [0.15, 0.2) is 24.3 Å². The van der Waals surface area contributed by atoms with Crippen molar-refractivity contribution in [3.8, 4) is 0 Å². The van der Waals surface area contributed by atoms with Gasteiger partial charge in [-0.3, -0.25) is 4.79 Å². The van der Waals surface area contributed by atoms with Crippen molar-refractivity contribution in [2.45, 2.75) is 24.5 Å². The molecule has 130 valence electrons. The van der Waals surface area contributed by atoms with Crippen LogP contribution in [0.25, 0.3) is 0 Å². The summed E-state index contributed by atoms with van der Waals surface area (Å²) in [5, 5.41) is 3.18. The zero-order valence-electron chi connectivity index (χ0n) is 12.5. The van der Waals surface area contributed by atoms with E-state index in [-0.39, 0.29) is 29.9 Å². The topological polar surface area (TPSA) is 66.5 Å². The van der Waals surface area contributed by atoms with Crippen LogP contribution in [0.1, 0.15) is 22.8 Å². The molecule has 1 N–H and O–H groups in total. The minimum absolute atomic E-state index is 0. The number of alkyl halides is 2. The fourth-order valence-electron chi connectivity index (χ4n) is 2.35. The summed E-state index contributed by atoms with van der Waals surface area (Å²) in [5.41, 5.74) is 0.664. The molecule has 0 aliphatic carbocycles. The van der Waals surface area contributed by atoms with Crippen molar-refractivity contribution >= 4 is 28.2 Å². The fraction of sp³-hybridized carbons (Fsp3) is 0.500. The first-order valence-electron chi connectivity index (χ1n) is 6.91. The van der Waals surface area contributed by atoms with Gasteiger partial charge in [-0.25, -0.2) is 8.42 Å². The molecule has 5 nitrogen and oxygen atoms in total. The summed E-state index contributed by atoms with van der Waals surface area (Å²) in [5.74, 6) is -4.27. The van der Waals surface area contributed by atoms with Gasteiger partial charge >= 0.3 is 5.76 Å². The van der Waals surface area contributed by atoms with Gasteiger partial charge in [0.1, 0.15) is 0 Å². The van der Waals surface area contributed by atoms with E-state index in [9.17, 15) is 22.0 Å². The van der Waals surface area contributed by atoms with Crippen LogP contribution >= 0.6 is 12.4 Å². The Hall–Kier alpha value is -1.25. The van der Waals surface area contributed by atoms with Crippen molar-refractivity contribution in [2.75, 3.05) is 19.6 Å². The Balaban J connectivity index is 0.00000264. The summed E-state index contributed by atoms with van der Waals surface area (Å²) in [6.45, 7) is 3.98. The summed E-state index contributed by atoms with van der Waals surface area (Å²) in [7, 11) is -4.45. The second kappa shape index (κ2) is 8.03. The van der Waals surface area contributed by atoms with Crippen LogP contribution in [-0.4, -0.2) is 50.7 Å². The van der Waals surface area contributed by atoms with Gasteiger partial charge in [-0.05, 0) is 24.6 Å². The van der Waals surface area contributed by atoms with E-state index in [4.69, 9.17) is 0 Å². The molecule has 0 radical (unpaired) electrons. The van der Waals surface area contributed by atoms with E-state index >= 15 is 0 Å². The van der Waals surface area contributed by atoms with E-state index in [1.54, 1.807) is 4.90 Å². The third-order valence-electron chi connectivity index (χ3n) is 3.60. The monoisotopic (exact) mass is 368 g/mol. The number of amides is 1. The van der Waals surface area contributed by atoms with Crippen molar-refractivity contribution in [3.63, 3.8) is 0 Å². The summed E-state index contributed by atoms with van der Waals surface area (Å²) in [6, 6.07) is 5.83. The molecule has 1 aliphatic heterocycles. The summed E-state index contributed by atoms with van der Waals surface area (Å²) < 4.78 is 47.0. The molecule has 1 aromatic carbocycles. The predicted molar refractivity (Wildman–Crippen MR) is 85.7 cm³/mol. The summed E-state index contributed by atoms with van der Waals surface area (Å²) in [4.78, 5) is 14.1. The Labute approximate surface area is 140 Å². The molecule has 23 heavy (non-hydrogen) atoms. The van der Waals surface area contributed by atoms with E-state index in [1.807, 2.05) is 6.92 Å². The lowest BCUT2D eigenvalue weighted by Crippen LogP contribution is -2.52. The normalized spacial score (nSPS) is 18.6. The minimum atomic E-state index is -4.45. The van der Waals surface area contributed by atoms with Crippen LogP contribution in [0.4, 0.5) is 8.78 Å². The lowest BCUT2D eigenvalue weighted by Gasteiger charge is -2.34. The molecule has 9 heteroatoms. The van der Waals surface area contributed by atoms with Crippen molar-refractivity contribution in [1.29, 1.82) is 0 Å². The molecule has 0 saturated carbocycles. The number of carbonyl (C=O) groups is 1. The maximum absolute atomic E-state index is 12.4. The van der Waals surface area contributed by atoms with E-state index in [0.717, 1.165) is 13.1 Å². The molecular weight excluding hydrogens is 350 g/mol. The van der Waals surface area contributed by atoms with Crippen LogP contribution in [0.3, 0.4) is 0 Å². The third kappa shape index (κ3) is 4.86. The van der Waals surface area contributed by atoms with Gasteiger partial charge in [0.15, 0.2) is 0 Å². The first-order valence-corrected chi connectivity index (χ1v) is 8.63. The number of hydrogen-bond donors (Lipinski definition) is 1. The predicted octanol–water partition coefficient (Wildman–Crippen LogP) is 1.68. The largest absolute Gasteiger partial charge is 0.337 e. The maximum atomic E-state index is 12.4. The van der Waals surface area contributed by atoms with E-state index < -0.39 is 21.3 Å². The van der Waals surface area contributed by atoms with Gasteiger partial charge in [0.25, 0.3) is 5.91 Å². The van der Waals surface area contributed by atoms with Crippen molar-refractivity contribution in [3.05, 3.63) is 35.4 Å². The average Bonchev–Trinajstić information content (AvgIpc) is 2.47. The van der Waals surface area contributed by atoms with Crippen molar-refractivity contribution in [2.24, 2.45) is 0 Å². The average molecular weight is 369 g/mol. The molecule has 1 aromatic rings. The van der Waals surface area contributed by atoms with E-state index in [2.05, 4.69) is 5.32 Å². The number of benzene rings is 1. The molecule has 0 spiro atoms. The number of rotatable bonds is 4. The Morgan fingerprint density at radius 3 is 2.48 bits per heavy atom. The quantitative estimate of drug-likeness (QED) is 0.878. The fourth-order valence-corrected chi connectivity index (χ4v) is 3.13. The zero-order chi connectivity index (χ0) is 16.3. The van der Waals surface area contributed by atoms with Crippen molar-refractivity contribution in [1.82, 2.24) is 10.2 Å². The standard InChI is InChI=1S/C14H18F2N2O3S.ClH/c1-10-8-17-6-7-18(10)13(19)12-4-2-11(3-5-12)9-22(20,21)14(15)16;/h2-5,10,14,17H,6-9H2,1H3;1H/t10-;/m1./s1. The third-order valence-corrected chi connectivity index (χ3v) is 4.88. The number of nitrogens with zero attached hydrogens (tertiary/aromatic N) is 1. The molecular formula is C14H19ClF2N2O3S. The molecule has 1 saturated heterocycles. The van der Waals surface area contributed by atoms with E-state index in [0.29, 0.717) is 12.1 Å². The first-order chi connectivity index (χ1) is 10.3. The molecule has 0 aromatic heterocycles. The molecule has 0 unspecified atom stereocenters. The first kappa shape index (κ1) is 19.8. The molecule has 1 atom stereocenters. The second-order valence-electron chi connectivity index (χ2n) is 5.32. The zero-order valence-corrected chi connectivity index (χ0v) is 14.2. The van der Waals surface area contributed by atoms with Gasteiger partial charge in [-0.1, -0.05) is 12.1 Å². The molecule has 1 aliphatic rings. The Kier molecular flexibility index (Phi) is 6.91. The molecule has 2 rings (SSSR count). The second-order valence-corrected chi connectivity index (χ2v) is 7.29. The van der Waals surface area contributed by atoms with Crippen LogP contribution in [0.5, 0.6) is 0 Å². The number of sulfone groups is 1. The molecule has 0 bridgehead atoms. The highest BCUT2D eigenvalue weighted by Gasteiger charge is 2.26. The Bertz CT molecular complexity index is 638. The van der Waals surface area contributed by atoms with Crippen LogP contribution in [0.2, 0.25) is 0 Å². The maximum Gasteiger partial charge on any atom is 0.337 e. The minimum Gasteiger partial charge on any atom is -0.333 e. The van der Waals surface area contributed by atoms with Crippen molar-refractivity contribution < 1.29 is 22.0 Å². The summed E-state index contributed by atoms with van der Waals surface area (Å²) >= 11 is 0. The molecule has 1 fully saturated rings. The number of carbonyl (C=O) groups excluding carboxylic acids is 1. The lowest BCUT2D eigenvalue weighted by molar-refractivity contribution is 0.0655. The highest BCUT2D eigenvalue weighted by atomic mass is 35.5. The highest BCUT2D eigenvalue weighted by molar-refractivity contribution is 7.90. The number of hydrogen-bond acceptors (Lipinski definition) is 4. The van der Waals surface area contributed by atoms with Gasteiger partial charge in [0, 0.05) is 31.2 Å². The number of halogens is 3. The van der Waals surface area contributed by atoms with Gasteiger partial charge in [-0.2, -0.15) is 8.78 Å².